The standard InChI is InChI=1S/C8H12N2O2/c1-7(2)12-8(11)10-5-3-9-4-6-10/h3-5,7H,6H2,1-2H3. The van der Waals surface area contributed by atoms with E-state index >= 15 is 0 Å². The van der Waals surface area contributed by atoms with Crippen LogP contribution in [-0.4, -0.2) is 29.9 Å². The number of nitrogens with zero attached hydrogens (tertiary/aromatic N) is 2. The number of hydrogen-bond acceptors (Lipinski definition) is 3. The molecule has 0 aromatic carbocycles. The number of ether oxygens (including phenoxy) is 1. The second-order valence-corrected chi connectivity index (χ2v) is 2.71. The van der Waals surface area contributed by atoms with Crippen molar-refractivity contribution in [1.82, 2.24) is 4.90 Å². The van der Waals surface area contributed by atoms with E-state index in [1.165, 1.54) is 4.90 Å². The first-order valence-corrected chi connectivity index (χ1v) is 3.85. The van der Waals surface area contributed by atoms with Gasteiger partial charge in [0, 0.05) is 18.6 Å². The van der Waals surface area contributed by atoms with Gasteiger partial charge < -0.3 is 4.74 Å². The predicted octanol–water partition coefficient (Wildman–Crippen LogP) is 1.39. The lowest BCUT2D eigenvalue weighted by Gasteiger charge is -2.18. The summed E-state index contributed by atoms with van der Waals surface area (Å²) in [7, 11) is 0. The van der Waals surface area contributed by atoms with E-state index in [9.17, 15) is 4.79 Å². The third kappa shape index (κ3) is 2.38. The van der Waals surface area contributed by atoms with Crippen molar-refractivity contribution in [2.24, 2.45) is 4.99 Å². The smallest absolute Gasteiger partial charge is 0.414 e. The molecule has 0 aliphatic carbocycles. The van der Waals surface area contributed by atoms with Gasteiger partial charge in [-0.15, -0.1) is 0 Å². The highest BCUT2D eigenvalue weighted by molar-refractivity contribution is 5.75. The molecule has 0 aromatic heterocycles. The molecule has 1 aliphatic heterocycles. The number of carbonyl (C=O) groups is 1. The molecule has 1 rings (SSSR count). The largest absolute Gasteiger partial charge is 0.446 e. The highest BCUT2D eigenvalue weighted by atomic mass is 16.6. The maximum Gasteiger partial charge on any atom is 0.414 e. The summed E-state index contributed by atoms with van der Waals surface area (Å²) < 4.78 is 4.96. The van der Waals surface area contributed by atoms with E-state index in [4.69, 9.17) is 4.74 Å². The molecule has 0 radical (unpaired) electrons. The number of hydrogen-bond donors (Lipinski definition) is 0. The van der Waals surface area contributed by atoms with E-state index in [1.807, 2.05) is 13.8 Å². The van der Waals surface area contributed by atoms with Crippen LogP contribution < -0.4 is 0 Å². The summed E-state index contributed by atoms with van der Waals surface area (Å²) in [6.07, 6.45) is 4.41. The van der Waals surface area contributed by atoms with Crippen molar-refractivity contribution in [3.63, 3.8) is 0 Å². The van der Waals surface area contributed by atoms with Crippen molar-refractivity contribution in [1.29, 1.82) is 0 Å². The van der Waals surface area contributed by atoms with Crippen molar-refractivity contribution in [3.05, 3.63) is 12.4 Å². The second kappa shape index (κ2) is 3.90. The lowest BCUT2D eigenvalue weighted by Crippen LogP contribution is -2.31. The zero-order valence-electron chi connectivity index (χ0n) is 7.23. The fraction of sp³-hybridized carbons (Fsp3) is 0.500. The van der Waals surface area contributed by atoms with E-state index in [-0.39, 0.29) is 12.2 Å². The Kier molecular flexibility index (Phi) is 2.85. The third-order valence-corrected chi connectivity index (χ3v) is 1.29. The Labute approximate surface area is 71.5 Å². The zero-order chi connectivity index (χ0) is 8.97. The molecule has 0 atom stereocenters. The maximum atomic E-state index is 11.2. The molecule has 0 bridgehead atoms. The van der Waals surface area contributed by atoms with Crippen LogP contribution in [0.5, 0.6) is 0 Å². The maximum absolute atomic E-state index is 11.2. The monoisotopic (exact) mass is 168 g/mol. The fourth-order valence-corrected chi connectivity index (χ4v) is 0.781. The second-order valence-electron chi connectivity index (χ2n) is 2.71. The van der Waals surface area contributed by atoms with Crippen LogP contribution >= 0.6 is 0 Å². The van der Waals surface area contributed by atoms with Crippen LogP contribution in [0, 0.1) is 0 Å². The van der Waals surface area contributed by atoms with Gasteiger partial charge in [0.1, 0.15) is 0 Å². The Morgan fingerprint density at radius 1 is 1.67 bits per heavy atom. The minimum absolute atomic E-state index is 0.0789. The number of rotatable bonds is 1. The molecule has 0 unspecified atom stereocenters. The Bertz CT molecular complexity index is 221. The number of amides is 1. The summed E-state index contributed by atoms with van der Waals surface area (Å²) >= 11 is 0. The number of carbonyl (C=O) groups excluding carboxylic acids is 1. The molecule has 12 heavy (non-hydrogen) atoms. The molecule has 4 nitrogen and oxygen atoms in total. The molecule has 0 saturated heterocycles. The van der Waals surface area contributed by atoms with Gasteiger partial charge in [-0.1, -0.05) is 0 Å². The predicted molar refractivity (Wildman–Crippen MR) is 46.0 cm³/mol. The molecular weight excluding hydrogens is 156 g/mol. The van der Waals surface area contributed by atoms with Crippen LogP contribution in [0.4, 0.5) is 4.79 Å². The minimum atomic E-state index is -0.326. The lowest BCUT2D eigenvalue weighted by atomic mass is 10.5. The Morgan fingerprint density at radius 3 is 2.92 bits per heavy atom. The highest BCUT2D eigenvalue weighted by Gasteiger charge is 2.13. The summed E-state index contributed by atoms with van der Waals surface area (Å²) in [5, 5.41) is 0. The summed E-state index contributed by atoms with van der Waals surface area (Å²) in [5.41, 5.74) is 0. The van der Waals surface area contributed by atoms with E-state index in [0.29, 0.717) is 6.54 Å². The average molecular weight is 168 g/mol. The van der Waals surface area contributed by atoms with Crippen LogP contribution in [0.3, 0.4) is 0 Å². The van der Waals surface area contributed by atoms with Crippen LogP contribution in [-0.2, 0) is 4.74 Å². The molecule has 0 N–H and O–H groups in total. The van der Waals surface area contributed by atoms with E-state index < -0.39 is 0 Å². The summed E-state index contributed by atoms with van der Waals surface area (Å²) in [5.74, 6) is 0. The molecule has 0 spiro atoms. The van der Waals surface area contributed by atoms with Crippen LogP contribution in [0.1, 0.15) is 13.8 Å². The van der Waals surface area contributed by atoms with Crippen molar-refractivity contribution in [2.45, 2.75) is 20.0 Å². The van der Waals surface area contributed by atoms with Gasteiger partial charge in [0.25, 0.3) is 0 Å². The van der Waals surface area contributed by atoms with E-state index in [2.05, 4.69) is 4.99 Å². The first kappa shape index (κ1) is 8.77. The average Bonchev–Trinajstić information content (AvgIpc) is 2.05. The van der Waals surface area contributed by atoms with Gasteiger partial charge in [-0.2, -0.15) is 0 Å². The molecule has 0 saturated carbocycles. The van der Waals surface area contributed by atoms with Crippen LogP contribution in [0.25, 0.3) is 0 Å². The third-order valence-electron chi connectivity index (χ3n) is 1.29. The summed E-state index contributed by atoms with van der Waals surface area (Å²) in [6, 6.07) is 0. The Balaban J connectivity index is 2.42. The van der Waals surface area contributed by atoms with Crippen molar-refractivity contribution in [2.75, 3.05) is 6.54 Å². The van der Waals surface area contributed by atoms with Gasteiger partial charge >= 0.3 is 6.09 Å². The van der Waals surface area contributed by atoms with Crippen molar-refractivity contribution >= 4 is 12.3 Å². The molecule has 1 heterocycles. The summed E-state index contributed by atoms with van der Waals surface area (Å²) in [6.45, 7) is 4.13. The normalized spacial score (nSPS) is 15.4. The molecule has 0 aromatic rings. The summed E-state index contributed by atoms with van der Waals surface area (Å²) in [4.78, 5) is 16.5. The van der Waals surface area contributed by atoms with Gasteiger partial charge in [-0.25, -0.2) is 4.79 Å². The van der Waals surface area contributed by atoms with Crippen molar-refractivity contribution < 1.29 is 9.53 Å². The topological polar surface area (TPSA) is 41.9 Å². The van der Waals surface area contributed by atoms with Crippen LogP contribution in [0.2, 0.25) is 0 Å². The molecule has 1 amide bonds. The quantitative estimate of drug-likeness (QED) is 0.593. The zero-order valence-corrected chi connectivity index (χ0v) is 7.23. The molecule has 66 valence electrons. The molecular formula is C8H12N2O2. The van der Waals surface area contributed by atoms with Gasteiger partial charge in [0.05, 0.1) is 12.6 Å². The van der Waals surface area contributed by atoms with E-state index in [0.717, 1.165) is 0 Å². The Hall–Kier alpha value is -1.32. The molecule has 1 aliphatic rings. The van der Waals surface area contributed by atoms with Gasteiger partial charge in [0.15, 0.2) is 0 Å². The molecule has 0 fully saturated rings. The Morgan fingerprint density at radius 2 is 2.42 bits per heavy atom. The SMILES string of the molecule is CC(C)OC(=O)N1C=CN=CC1. The first-order valence-electron chi connectivity index (χ1n) is 3.85. The van der Waals surface area contributed by atoms with Crippen molar-refractivity contribution in [3.8, 4) is 0 Å². The number of aliphatic imine (C=N–C) groups is 1. The highest BCUT2D eigenvalue weighted by Crippen LogP contribution is 2.00. The van der Waals surface area contributed by atoms with E-state index in [1.54, 1.807) is 18.6 Å². The lowest BCUT2D eigenvalue weighted by molar-refractivity contribution is 0.0925. The first-order chi connectivity index (χ1) is 5.70. The minimum Gasteiger partial charge on any atom is -0.446 e. The fourth-order valence-electron chi connectivity index (χ4n) is 0.781. The van der Waals surface area contributed by atoms with Crippen LogP contribution in [0.15, 0.2) is 17.4 Å². The van der Waals surface area contributed by atoms with Gasteiger partial charge in [0.2, 0.25) is 0 Å². The van der Waals surface area contributed by atoms with Gasteiger partial charge in [-0.3, -0.25) is 9.89 Å². The van der Waals surface area contributed by atoms with Gasteiger partial charge in [-0.05, 0) is 13.8 Å². The molecule has 4 heteroatoms.